The van der Waals surface area contributed by atoms with E-state index in [0.717, 1.165) is 23.9 Å². The Bertz CT molecular complexity index is 615. The number of nitrogens with zero attached hydrogens (tertiary/aromatic N) is 2. The summed E-state index contributed by atoms with van der Waals surface area (Å²) < 4.78 is 14.2. The summed E-state index contributed by atoms with van der Waals surface area (Å²) >= 11 is 1.13. The Labute approximate surface area is 127 Å². The number of halogens is 1. The standard InChI is InChI=1S/C14H18FN5S/c1-3-18-8(2)9-5-4-6-10(15)13(9)21-14-19-11(16)7-12(17)20-14/h4-8,18H,3H2,1-2H3,(H4,16,17,19,20). The van der Waals surface area contributed by atoms with Crippen LogP contribution in [-0.4, -0.2) is 16.5 Å². The summed E-state index contributed by atoms with van der Waals surface area (Å²) in [6.45, 7) is 4.78. The molecular weight excluding hydrogens is 289 g/mol. The van der Waals surface area contributed by atoms with Gasteiger partial charge >= 0.3 is 0 Å². The van der Waals surface area contributed by atoms with Crippen LogP contribution in [0.15, 0.2) is 34.3 Å². The molecule has 0 amide bonds. The second-order valence-electron chi connectivity index (χ2n) is 4.54. The van der Waals surface area contributed by atoms with Gasteiger partial charge in [-0.25, -0.2) is 14.4 Å². The van der Waals surface area contributed by atoms with E-state index in [4.69, 9.17) is 11.5 Å². The molecule has 0 spiro atoms. The minimum atomic E-state index is -0.313. The molecule has 7 heteroatoms. The van der Waals surface area contributed by atoms with Gasteiger partial charge in [0.1, 0.15) is 17.5 Å². The van der Waals surface area contributed by atoms with E-state index in [2.05, 4.69) is 15.3 Å². The predicted octanol–water partition coefficient (Wildman–Crippen LogP) is 2.60. The number of hydrogen-bond donors (Lipinski definition) is 3. The second-order valence-corrected chi connectivity index (χ2v) is 5.52. The molecule has 0 aliphatic heterocycles. The van der Waals surface area contributed by atoms with Gasteiger partial charge in [0, 0.05) is 12.1 Å². The van der Waals surface area contributed by atoms with Crippen molar-refractivity contribution >= 4 is 23.4 Å². The summed E-state index contributed by atoms with van der Waals surface area (Å²) in [4.78, 5) is 8.64. The van der Waals surface area contributed by atoms with Crippen molar-refractivity contribution in [1.82, 2.24) is 15.3 Å². The van der Waals surface area contributed by atoms with Crippen LogP contribution in [0.3, 0.4) is 0 Å². The Morgan fingerprint density at radius 3 is 2.57 bits per heavy atom. The van der Waals surface area contributed by atoms with E-state index in [9.17, 15) is 4.39 Å². The Kier molecular flexibility index (Phi) is 4.98. The van der Waals surface area contributed by atoms with E-state index in [0.29, 0.717) is 10.1 Å². The van der Waals surface area contributed by atoms with Gasteiger partial charge in [0.15, 0.2) is 5.16 Å². The lowest BCUT2D eigenvalue weighted by Crippen LogP contribution is -2.18. The molecule has 1 heterocycles. The van der Waals surface area contributed by atoms with Crippen LogP contribution in [0.4, 0.5) is 16.0 Å². The van der Waals surface area contributed by atoms with Crippen LogP contribution in [0, 0.1) is 5.82 Å². The maximum atomic E-state index is 14.2. The monoisotopic (exact) mass is 307 g/mol. The third kappa shape index (κ3) is 3.83. The van der Waals surface area contributed by atoms with Crippen molar-refractivity contribution in [1.29, 1.82) is 0 Å². The van der Waals surface area contributed by atoms with Crippen molar-refractivity contribution in [2.24, 2.45) is 0 Å². The highest BCUT2D eigenvalue weighted by Gasteiger charge is 2.16. The van der Waals surface area contributed by atoms with E-state index in [1.807, 2.05) is 19.9 Å². The number of rotatable bonds is 5. The van der Waals surface area contributed by atoms with Crippen molar-refractivity contribution in [3.63, 3.8) is 0 Å². The van der Waals surface area contributed by atoms with E-state index < -0.39 is 0 Å². The van der Waals surface area contributed by atoms with Gasteiger partial charge in [-0.2, -0.15) is 0 Å². The highest BCUT2D eigenvalue weighted by atomic mass is 32.2. The van der Waals surface area contributed by atoms with Crippen molar-refractivity contribution < 1.29 is 4.39 Å². The van der Waals surface area contributed by atoms with E-state index in [1.54, 1.807) is 6.07 Å². The van der Waals surface area contributed by atoms with Crippen molar-refractivity contribution in [3.05, 3.63) is 35.6 Å². The van der Waals surface area contributed by atoms with E-state index in [-0.39, 0.29) is 23.5 Å². The van der Waals surface area contributed by atoms with Crippen LogP contribution in [0.5, 0.6) is 0 Å². The fourth-order valence-corrected chi connectivity index (χ4v) is 3.00. The number of aromatic nitrogens is 2. The van der Waals surface area contributed by atoms with Crippen LogP contribution in [0.25, 0.3) is 0 Å². The highest BCUT2D eigenvalue weighted by Crippen LogP contribution is 2.34. The van der Waals surface area contributed by atoms with Crippen LogP contribution < -0.4 is 16.8 Å². The van der Waals surface area contributed by atoms with E-state index >= 15 is 0 Å². The molecule has 0 bridgehead atoms. The number of hydrogen-bond acceptors (Lipinski definition) is 6. The first-order valence-corrected chi connectivity index (χ1v) is 7.42. The second kappa shape index (κ2) is 6.73. The molecule has 0 saturated heterocycles. The summed E-state index contributed by atoms with van der Waals surface area (Å²) in [7, 11) is 0. The molecule has 1 unspecified atom stereocenters. The Balaban J connectivity index is 2.38. The molecule has 0 aliphatic rings. The molecule has 5 nitrogen and oxygen atoms in total. The number of benzene rings is 1. The average Bonchev–Trinajstić information content (AvgIpc) is 2.40. The average molecular weight is 307 g/mol. The molecular formula is C14H18FN5S. The molecule has 112 valence electrons. The minimum absolute atomic E-state index is 0.0200. The normalized spacial score (nSPS) is 12.3. The van der Waals surface area contributed by atoms with Gasteiger partial charge in [-0.15, -0.1) is 0 Å². The maximum Gasteiger partial charge on any atom is 0.196 e. The van der Waals surface area contributed by atoms with Crippen LogP contribution in [0.2, 0.25) is 0 Å². The van der Waals surface area contributed by atoms with E-state index in [1.165, 1.54) is 12.1 Å². The lowest BCUT2D eigenvalue weighted by atomic mass is 10.1. The molecule has 2 aromatic rings. The SMILES string of the molecule is CCNC(C)c1cccc(F)c1Sc1nc(N)cc(N)n1. The van der Waals surface area contributed by atoms with Gasteiger partial charge in [0.2, 0.25) is 0 Å². The fourth-order valence-electron chi connectivity index (χ4n) is 1.99. The molecule has 5 N–H and O–H groups in total. The summed E-state index contributed by atoms with van der Waals surface area (Å²) in [5.41, 5.74) is 12.1. The molecule has 2 rings (SSSR count). The number of nitrogens with one attached hydrogen (secondary N) is 1. The molecule has 1 aromatic carbocycles. The smallest absolute Gasteiger partial charge is 0.196 e. The quantitative estimate of drug-likeness (QED) is 0.736. The summed E-state index contributed by atoms with van der Waals surface area (Å²) in [6.07, 6.45) is 0. The van der Waals surface area contributed by atoms with Crippen LogP contribution in [0.1, 0.15) is 25.5 Å². The third-order valence-corrected chi connectivity index (χ3v) is 3.91. The topological polar surface area (TPSA) is 89.8 Å². The number of nitrogens with two attached hydrogens (primary N) is 2. The van der Waals surface area contributed by atoms with Gasteiger partial charge in [0.05, 0.1) is 4.90 Å². The first kappa shape index (κ1) is 15.5. The van der Waals surface area contributed by atoms with Crippen molar-refractivity contribution in [2.75, 3.05) is 18.0 Å². The van der Waals surface area contributed by atoms with Gasteiger partial charge in [-0.05, 0) is 36.9 Å². The molecule has 1 aromatic heterocycles. The summed E-state index contributed by atoms with van der Waals surface area (Å²) in [6, 6.07) is 6.48. The fraction of sp³-hybridized carbons (Fsp3) is 0.286. The third-order valence-electron chi connectivity index (χ3n) is 2.91. The van der Waals surface area contributed by atoms with Gasteiger partial charge < -0.3 is 16.8 Å². The summed E-state index contributed by atoms with van der Waals surface area (Å²) in [5, 5.41) is 3.60. The zero-order valence-electron chi connectivity index (χ0n) is 11.9. The predicted molar refractivity (Wildman–Crippen MR) is 83.5 cm³/mol. The van der Waals surface area contributed by atoms with Gasteiger partial charge in [-0.1, -0.05) is 19.1 Å². The number of nitrogen functional groups attached to an aromatic ring is 2. The highest BCUT2D eigenvalue weighted by molar-refractivity contribution is 7.99. The molecule has 0 fully saturated rings. The minimum Gasteiger partial charge on any atom is -0.383 e. The zero-order valence-corrected chi connectivity index (χ0v) is 12.7. The lowest BCUT2D eigenvalue weighted by Gasteiger charge is -2.17. The van der Waals surface area contributed by atoms with Crippen molar-refractivity contribution in [3.8, 4) is 0 Å². The van der Waals surface area contributed by atoms with Crippen LogP contribution >= 0.6 is 11.8 Å². The zero-order chi connectivity index (χ0) is 15.4. The maximum absolute atomic E-state index is 14.2. The van der Waals surface area contributed by atoms with Gasteiger partial charge in [0.25, 0.3) is 0 Å². The van der Waals surface area contributed by atoms with Crippen molar-refractivity contribution in [2.45, 2.75) is 29.9 Å². The number of anilines is 2. The molecule has 1 atom stereocenters. The molecule has 21 heavy (non-hydrogen) atoms. The first-order valence-electron chi connectivity index (χ1n) is 6.61. The Morgan fingerprint density at radius 1 is 1.29 bits per heavy atom. The van der Waals surface area contributed by atoms with Gasteiger partial charge in [-0.3, -0.25) is 0 Å². The van der Waals surface area contributed by atoms with Crippen LogP contribution in [-0.2, 0) is 0 Å². The summed E-state index contributed by atoms with van der Waals surface area (Å²) in [5.74, 6) is 0.220. The Morgan fingerprint density at radius 2 is 1.95 bits per heavy atom. The lowest BCUT2D eigenvalue weighted by molar-refractivity contribution is 0.557. The molecule has 0 saturated carbocycles. The largest absolute Gasteiger partial charge is 0.383 e. The first-order chi connectivity index (χ1) is 10.0. The molecule has 0 radical (unpaired) electrons. The Hall–Kier alpha value is -1.86. The molecule has 0 aliphatic carbocycles.